The van der Waals surface area contributed by atoms with Crippen molar-refractivity contribution in [3.63, 3.8) is 0 Å². The molecule has 5 nitrogen and oxygen atoms in total. The van der Waals surface area contributed by atoms with E-state index in [-0.39, 0.29) is 0 Å². The van der Waals surface area contributed by atoms with E-state index in [1.54, 1.807) is 0 Å². The second-order valence-electron chi connectivity index (χ2n) is 13.1. The lowest BCUT2D eigenvalue weighted by Gasteiger charge is -2.32. The second-order valence-corrected chi connectivity index (χ2v) is 13.1. The third-order valence-corrected chi connectivity index (χ3v) is 10.2. The zero-order valence-electron chi connectivity index (χ0n) is 27.4. The first-order valence-corrected chi connectivity index (χ1v) is 17.4. The molecule has 2 aliphatic carbocycles. The van der Waals surface area contributed by atoms with E-state index in [0.29, 0.717) is 23.6 Å². The highest BCUT2D eigenvalue weighted by Gasteiger charge is 2.36. The van der Waals surface area contributed by atoms with Crippen molar-refractivity contribution >= 4 is 38.6 Å². The number of hydrogen-bond donors (Lipinski definition) is 0. The second kappa shape index (κ2) is 11.7. The van der Waals surface area contributed by atoms with Gasteiger partial charge in [0.2, 0.25) is 5.95 Å². The van der Waals surface area contributed by atoms with Crippen LogP contribution in [0.4, 0.5) is 5.69 Å². The maximum absolute atomic E-state index is 5.09. The average molecular weight is 644 g/mol. The number of benzene rings is 5. The van der Waals surface area contributed by atoms with Gasteiger partial charge in [-0.1, -0.05) is 121 Å². The molecule has 7 aromatic rings. The molecule has 10 rings (SSSR count). The van der Waals surface area contributed by atoms with Gasteiger partial charge in [-0.25, -0.2) is 4.98 Å². The molecule has 2 aromatic heterocycles. The SMILES string of the molecule is C1=CCCC(N2c3ccccc3C3=CC(c4ccc5c(c4)c4ccccc4n5-c4nc(-c5ccccc5)nc(-c5ccccc5)n4)=CCC32)=C1. The molecule has 0 bridgehead atoms. The van der Waals surface area contributed by atoms with E-state index in [9.17, 15) is 0 Å². The number of aromatic nitrogens is 4. The molecule has 5 heteroatoms. The van der Waals surface area contributed by atoms with Crippen LogP contribution in [-0.2, 0) is 0 Å². The van der Waals surface area contributed by atoms with Crippen LogP contribution in [0.15, 0.2) is 163 Å². The normalized spacial score (nSPS) is 16.6. The van der Waals surface area contributed by atoms with Crippen LogP contribution in [0.25, 0.3) is 61.7 Å². The number of rotatable bonds is 5. The first-order valence-electron chi connectivity index (χ1n) is 17.4. The summed E-state index contributed by atoms with van der Waals surface area (Å²) in [4.78, 5) is 17.7. The van der Waals surface area contributed by atoms with Crippen LogP contribution in [0.3, 0.4) is 0 Å². The van der Waals surface area contributed by atoms with E-state index in [4.69, 9.17) is 15.0 Å². The summed E-state index contributed by atoms with van der Waals surface area (Å²) in [6.45, 7) is 0. The van der Waals surface area contributed by atoms with Crippen molar-refractivity contribution in [1.29, 1.82) is 0 Å². The number of hydrogen-bond acceptors (Lipinski definition) is 4. The lowest BCUT2D eigenvalue weighted by Crippen LogP contribution is -2.31. The predicted molar refractivity (Wildman–Crippen MR) is 205 cm³/mol. The Hall–Kier alpha value is -6.33. The van der Waals surface area contributed by atoms with E-state index in [1.807, 2.05) is 60.7 Å². The molecule has 1 atom stereocenters. The van der Waals surface area contributed by atoms with E-state index in [1.165, 1.54) is 44.4 Å². The smallest absolute Gasteiger partial charge is 0.238 e. The first kappa shape index (κ1) is 28.7. The van der Waals surface area contributed by atoms with E-state index in [2.05, 4.69) is 107 Å². The van der Waals surface area contributed by atoms with Crippen LogP contribution in [-0.4, -0.2) is 25.6 Å². The lowest BCUT2D eigenvalue weighted by molar-refractivity contribution is 0.755. The molecule has 238 valence electrons. The van der Waals surface area contributed by atoms with Crippen LogP contribution in [0, 0.1) is 0 Å². The Balaban J connectivity index is 1.11. The van der Waals surface area contributed by atoms with Gasteiger partial charge in [0.25, 0.3) is 0 Å². The number of allylic oxidation sites excluding steroid dienone is 6. The largest absolute Gasteiger partial charge is 0.337 e. The standard InChI is InChI=1S/C45H33N5/c1-4-14-30(15-5-1)43-46-44(31-16-6-2-7-17-31)48-45(47-43)50-40-23-13-11-21-36(40)38-29-33(25-27-42(38)50)32-24-26-41-37(28-32)35-20-10-12-22-39(35)49(41)34-18-8-3-9-19-34/h1-8,10-18,20-25,27-29,41H,9,19,26H2. The highest BCUT2D eigenvalue weighted by Crippen LogP contribution is 2.48. The number of nitrogens with zero attached hydrogens (tertiary/aromatic N) is 5. The minimum Gasteiger partial charge on any atom is -0.337 e. The average Bonchev–Trinajstić information content (AvgIpc) is 3.71. The number of para-hydroxylation sites is 2. The van der Waals surface area contributed by atoms with Gasteiger partial charge in [-0.15, -0.1) is 0 Å². The third-order valence-electron chi connectivity index (χ3n) is 10.2. The van der Waals surface area contributed by atoms with Gasteiger partial charge < -0.3 is 4.90 Å². The van der Waals surface area contributed by atoms with Gasteiger partial charge in [-0.3, -0.25) is 4.57 Å². The Labute approximate surface area is 290 Å². The molecule has 0 spiro atoms. The van der Waals surface area contributed by atoms with E-state index in [0.717, 1.165) is 41.4 Å². The molecule has 3 heterocycles. The Bertz CT molecular complexity index is 2510. The van der Waals surface area contributed by atoms with Crippen LogP contribution < -0.4 is 4.90 Å². The molecule has 0 fully saturated rings. The molecule has 0 saturated heterocycles. The zero-order chi connectivity index (χ0) is 33.0. The Morgan fingerprint density at radius 1 is 0.620 bits per heavy atom. The molecule has 0 N–H and O–H groups in total. The van der Waals surface area contributed by atoms with E-state index >= 15 is 0 Å². The molecule has 1 aliphatic heterocycles. The Morgan fingerprint density at radius 2 is 1.32 bits per heavy atom. The topological polar surface area (TPSA) is 46.8 Å². The monoisotopic (exact) mass is 643 g/mol. The summed E-state index contributed by atoms with van der Waals surface area (Å²) in [7, 11) is 0. The van der Waals surface area contributed by atoms with Gasteiger partial charge >= 0.3 is 0 Å². The Kier molecular flexibility index (Phi) is 6.69. The highest BCUT2D eigenvalue weighted by molar-refractivity contribution is 6.10. The summed E-state index contributed by atoms with van der Waals surface area (Å²) < 4.78 is 2.19. The molecule has 1 unspecified atom stereocenters. The van der Waals surface area contributed by atoms with Gasteiger partial charge in [0.15, 0.2) is 11.6 Å². The number of anilines is 1. The molecule has 5 aromatic carbocycles. The highest BCUT2D eigenvalue weighted by atomic mass is 15.2. The predicted octanol–water partition coefficient (Wildman–Crippen LogP) is 10.6. The summed E-state index contributed by atoms with van der Waals surface area (Å²) in [5, 5.41) is 2.35. The van der Waals surface area contributed by atoms with Crippen molar-refractivity contribution < 1.29 is 0 Å². The first-order chi connectivity index (χ1) is 24.8. The fraction of sp³-hybridized carbons (Fsp3) is 0.0889. The maximum Gasteiger partial charge on any atom is 0.238 e. The lowest BCUT2D eigenvalue weighted by atomic mass is 9.88. The molecular weight excluding hydrogens is 611 g/mol. The molecule has 0 amide bonds. The van der Waals surface area contributed by atoms with Crippen LogP contribution in [0.5, 0.6) is 0 Å². The minimum atomic E-state index is 0.320. The summed E-state index contributed by atoms with van der Waals surface area (Å²) in [6.07, 6.45) is 14.8. The van der Waals surface area contributed by atoms with Gasteiger partial charge in [-0.2, -0.15) is 9.97 Å². The molecule has 0 saturated carbocycles. The van der Waals surface area contributed by atoms with Gasteiger partial charge in [0.1, 0.15) is 0 Å². The van der Waals surface area contributed by atoms with Crippen molar-refractivity contribution in [2.24, 2.45) is 0 Å². The van der Waals surface area contributed by atoms with Gasteiger partial charge in [-0.05, 0) is 72.4 Å². The van der Waals surface area contributed by atoms with Crippen LogP contribution in [0.2, 0.25) is 0 Å². The van der Waals surface area contributed by atoms with Crippen molar-refractivity contribution in [2.75, 3.05) is 4.90 Å². The van der Waals surface area contributed by atoms with Crippen LogP contribution in [0.1, 0.15) is 30.4 Å². The molecular formula is C45H33N5. The van der Waals surface area contributed by atoms with Crippen molar-refractivity contribution in [1.82, 2.24) is 19.5 Å². The third kappa shape index (κ3) is 4.66. The van der Waals surface area contributed by atoms with Gasteiger partial charge in [0.05, 0.1) is 17.1 Å². The van der Waals surface area contributed by atoms with Crippen molar-refractivity contribution in [2.45, 2.75) is 25.3 Å². The molecule has 3 aliphatic rings. The van der Waals surface area contributed by atoms with Gasteiger partial charge in [0, 0.05) is 38.8 Å². The quantitative estimate of drug-likeness (QED) is 0.187. The van der Waals surface area contributed by atoms with Crippen LogP contribution >= 0.6 is 0 Å². The number of fused-ring (bicyclic) bond motifs is 6. The van der Waals surface area contributed by atoms with Crippen molar-refractivity contribution in [3.8, 4) is 28.7 Å². The van der Waals surface area contributed by atoms with E-state index < -0.39 is 0 Å². The Morgan fingerprint density at radius 3 is 2.08 bits per heavy atom. The maximum atomic E-state index is 5.09. The van der Waals surface area contributed by atoms with Crippen molar-refractivity contribution in [3.05, 3.63) is 175 Å². The summed E-state index contributed by atoms with van der Waals surface area (Å²) in [6, 6.07) is 44.9. The summed E-state index contributed by atoms with van der Waals surface area (Å²) >= 11 is 0. The zero-order valence-corrected chi connectivity index (χ0v) is 27.4. The summed E-state index contributed by atoms with van der Waals surface area (Å²) in [5.41, 5.74) is 12.0. The summed E-state index contributed by atoms with van der Waals surface area (Å²) in [5.74, 6) is 1.90. The molecule has 0 radical (unpaired) electrons. The fourth-order valence-electron chi connectivity index (χ4n) is 7.90. The molecule has 50 heavy (non-hydrogen) atoms. The minimum absolute atomic E-state index is 0.320. The fourth-order valence-corrected chi connectivity index (χ4v) is 7.90.